The van der Waals surface area contributed by atoms with Crippen LogP contribution in [0.15, 0.2) is 46.0 Å². The molecule has 0 aliphatic carbocycles. The van der Waals surface area contributed by atoms with E-state index in [1.54, 1.807) is 35.7 Å². The molecule has 0 aliphatic rings. The maximum Gasteiger partial charge on any atom is 0.252 e. The van der Waals surface area contributed by atoms with Gasteiger partial charge in [0.25, 0.3) is 15.9 Å². The topological polar surface area (TPSA) is 95.6 Å². The van der Waals surface area contributed by atoms with E-state index in [-0.39, 0.29) is 29.2 Å². The fraction of sp³-hybridized carbons (Fsp3) is 0.368. The fourth-order valence-electron chi connectivity index (χ4n) is 2.34. The van der Waals surface area contributed by atoms with Crippen LogP contribution in [-0.4, -0.2) is 44.2 Å². The molecular weight excluding hydrogens is 398 g/mol. The zero-order valence-corrected chi connectivity index (χ0v) is 17.8. The summed E-state index contributed by atoms with van der Waals surface area (Å²) in [5.74, 6) is -0.582. The second kappa shape index (κ2) is 9.81. The Balaban J connectivity index is 1.92. The monoisotopic (exact) mass is 423 g/mol. The highest BCUT2D eigenvalue weighted by Crippen LogP contribution is 2.19. The van der Waals surface area contributed by atoms with Gasteiger partial charge in [-0.2, -0.15) is 4.31 Å². The second-order valence-corrected chi connectivity index (χ2v) is 9.67. The van der Waals surface area contributed by atoms with Crippen LogP contribution in [-0.2, 0) is 21.4 Å². The summed E-state index contributed by atoms with van der Waals surface area (Å²) in [5, 5.41) is 7.26. The number of nitrogens with one attached hydrogen (secondary N) is 2. The van der Waals surface area contributed by atoms with Crippen molar-refractivity contribution in [2.75, 3.05) is 13.6 Å². The molecule has 2 amide bonds. The van der Waals surface area contributed by atoms with Crippen LogP contribution in [0.1, 0.15) is 36.2 Å². The van der Waals surface area contributed by atoms with Crippen LogP contribution in [0, 0.1) is 0 Å². The number of carbonyl (C=O) groups is 2. The second-order valence-electron chi connectivity index (χ2n) is 6.45. The molecule has 1 aromatic heterocycles. The number of rotatable bonds is 9. The third kappa shape index (κ3) is 5.88. The Morgan fingerprint density at radius 3 is 2.61 bits per heavy atom. The molecule has 2 rings (SSSR count). The Kier molecular flexibility index (Phi) is 7.73. The first-order chi connectivity index (χ1) is 13.2. The Morgan fingerprint density at radius 1 is 1.21 bits per heavy atom. The highest BCUT2D eigenvalue weighted by atomic mass is 32.2. The van der Waals surface area contributed by atoms with Crippen molar-refractivity contribution in [2.45, 2.75) is 37.1 Å². The molecule has 7 nitrogen and oxygen atoms in total. The predicted molar refractivity (Wildman–Crippen MR) is 110 cm³/mol. The van der Waals surface area contributed by atoms with Gasteiger partial charge in [-0.05, 0) is 42.5 Å². The first-order valence-corrected chi connectivity index (χ1v) is 11.2. The van der Waals surface area contributed by atoms with Gasteiger partial charge in [0, 0.05) is 25.2 Å². The molecule has 2 N–H and O–H groups in total. The predicted octanol–water partition coefficient (Wildman–Crippen LogP) is 2.21. The van der Waals surface area contributed by atoms with E-state index in [9.17, 15) is 18.0 Å². The summed E-state index contributed by atoms with van der Waals surface area (Å²) < 4.78 is 25.9. The Bertz CT molecular complexity index is 911. The van der Waals surface area contributed by atoms with Gasteiger partial charge in [0.15, 0.2) is 0 Å². The molecule has 1 heterocycles. The normalized spacial score (nSPS) is 12.6. The van der Waals surface area contributed by atoms with Gasteiger partial charge in [-0.1, -0.05) is 25.1 Å². The van der Waals surface area contributed by atoms with Crippen LogP contribution in [0.4, 0.5) is 0 Å². The van der Waals surface area contributed by atoms with Gasteiger partial charge in [-0.3, -0.25) is 9.59 Å². The third-order valence-corrected chi connectivity index (χ3v) is 7.37. The molecular formula is C19H25N3O4S2. The quantitative estimate of drug-likeness (QED) is 0.646. The Morgan fingerprint density at radius 2 is 1.96 bits per heavy atom. The largest absolute Gasteiger partial charge is 0.351 e. The van der Waals surface area contributed by atoms with E-state index in [1.165, 1.54) is 13.1 Å². The lowest BCUT2D eigenvalue weighted by Crippen LogP contribution is -2.37. The highest BCUT2D eigenvalue weighted by molar-refractivity contribution is 7.91. The lowest BCUT2D eigenvalue weighted by Gasteiger charge is -2.16. The van der Waals surface area contributed by atoms with Crippen molar-refractivity contribution in [1.29, 1.82) is 0 Å². The lowest BCUT2D eigenvalue weighted by molar-refractivity contribution is -0.121. The molecule has 0 saturated heterocycles. The SMILES string of the molecule is CCC(C)NC(=O)c1cccc(CNC(=O)CN(C)S(=O)(=O)c2cccs2)c1. The average molecular weight is 424 g/mol. The number of amides is 2. The van der Waals surface area contributed by atoms with Gasteiger partial charge in [0.1, 0.15) is 4.21 Å². The van der Waals surface area contributed by atoms with Crippen molar-refractivity contribution < 1.29 is 18.0 Å². The number of hydrogen-bond acceptors (Lipinski definition) is 5. The van der Waals surface area contributed by atoms with Gasteiger partial charge in [-0.15, -0.1) is 11.3 Å². The number of nitrogens with zero attached hydrogens (tertiary/aromatic N) is 1. The highest BCUT2D eigenvalue weighted by Gasteiger charge is 2.23. The minimum absolute atomic E-state index is 0.0803. The van der Waals surface area contributed by atoms with Crippen molar-refractivity contribution in [3.8, 4) is 0 Å². The van der Waals surface area contributed by atoms with Crippen molar-refractivity contribution in [1.82, 2.24) is 14.9 Å². The molecule has 2 aromatic rings. The third-order valence-electron chi connectivity index (χ3n) is 4.19. The fourth-order valence-corrected chi connectivity index (χ4v) is 4.67. The zero-order chi connectivity index (χ0) is 20.7. The van der Waals surface area contributed by atoms with E-state index in [0.29, 0.717) is 5.56 Å². The van der Waals surface area contributed by atoms with Gasteiger partial charge >= 0.3 is 0 Å². The molecule has 28 heavy (non-hydrogen) atoms. The molecule has 0 radical (unpaired) electrons. The van der Waals surface area contributed by atoms with Crippen molar-refractivity contribution in [3.05, 3.63) is 52.9 Å². The van der Waals surface area contributed by atoms with Crippen LogP contribution in [0.5, 0.6) is 0 Å². The lowest BCUT2D eigenvalue weighted by atomic mass is 10.1. The van der Waals surface area contributed by atoms with Crippen molar-refractivity contribution in [3.63, 3.8) is 0 Å². The zero-order valence-electron chi connectivity index (χ0n) is 16.1. The summed E-state index contributed by atoms with van der Waals surface area (Å²) in [6.45, 7) is 3.85. The summed E-state index contributed by atoms with van der Waals surface area (Å²) >= 11 is 1.11. The van der Waals surface area contributed by atoms with Gasteiger partial charge in [0.05, 0.1) is 6.54 Å². The maximum atomic E-state index is 12.3. The first kappa shape index (κ1) is 22.1. The molecule has 1 unspecified atom stereocenters. The van der Waals surface area contributed by atoms with Crippen LogP contribution < -0.4 is 10.6 Å². The summed E-state index contributed by atoms with van der Waals surface area (Å²) in [6, 6.07) is 10.2. The number of thiophene rings is 1. The summed E-state index contributed by atoms with van der Waals surface area (Å²) in [4.78, 5) is 24.4. The molecule has 0 bridgehead atoms. The van der Waals surface area contributed by atoms with E-state index in [4.69, 9.17) is 0 Å². The van der Waals surface area contributed by atoms with Crippen LogP contribution in [0.3, 0.4) is 0 Å². The summed E-state index contributed by atoms with van der Waals surface area (Å²) in [5.41, 5.74) is 1.28. The maximum absolute atomic E-state index is 12.3. The molecule has 1 aromatic carbocycles. The van der Waals surface area contributed by atoms with E-state index in [0.717, 1.165) is 27.6 Å². The van der Waals surface area contributed by atoms with Crippen LogP contribution in [0.2, 0.25) is 0 Å². The van der Waals surface area contributed by atoms with E-state index in [2.05, 4.69) is 10.6 Å². The summed E-state index contributed by atoms with van der Waals surface area (Å²) in [6.07, 6.45) is 0.837. The minimum atomic E-state index is -3.67. The van der Waals surface area contributed by atoms with Crippen LogP contribution >= 0.6 is 11.3 Å². The Labute approximate surface area is 169 Å². The molecule has 0 saturated carbocycles. The van der Waals surface area contributed by atoms with Gasteiger partial charge in [-0.25, -0.2) is 8.42 Å². The summed E-state index contributed by atoms with van der Waals surface area (Å²) in [7, 11) is -2.30. The number of likely N-dealkylation sites (N-methyl/N-ethyl adjacent to an activating group) is 1. The average Bonchev–Trinajstić information content (AvgIpc) is 3.22. The standard InChI is InChI=1S/C19H25N3O4S2/c1-4-14(2)21-19(24)16-8-5-7-15(11-16)12-20-17(23)13-22(3)28(25,26)18-9-6-10-27-18/h5-11,14H,4,12-13H2,1-3H3,(H,20,23)(H,21,24). The number of carbonyl (C=O) groups excluding carboxylic acids is 2. The first-order valence-electron chi connectivity index (χ1n) is 8.90. The van der Waals surface area contributed by atoms with Gasteiger partial charge in [0.2, 0.25) is 5.91 Å². The van der Waals surface area contributed by atoms with Gasteiger partial charge < -0.3 is 10.6 Å². The van der Waals surface area contributed by atoms with E-state index < -0.39 is 15.9 Å². The molecule has 9 heteroatoms. The van der Waals surface area contributed by atoms with E-state index >= 15 is 0 Å². The molecule has 1 atom stereocenters. The number of benzene rings is 1. The number of hydrogen-bond donors (Lipinski definition) is 2. The van der Waals surface area contributed by atoms with Crippen molar-refractivity contribution in [2.24, 2.45) is 0 Å². The number of sulfonamides is 1. The smallest absolute Gasteiger partial charge is 0.252 e. The van der Waals surface area contributed by atoms with Crippen LogP contribution in [0.25, 0.3) is 0 Å². The van der Waals surface area contributed by atoms with Crippen molar-refractivity contribution >= 4 is 33.2 Å². The molecule has 0 aliphatic heterocycles. The Hall–Kier alpha value is -2.23. The minimum Gasteiger partial charge on any atom is -0.351 e. The van der Waals surface area contributed by atoms with E-state index in [1.807, 2.05) is 13.8 Å². The molecule has 0 fully saturated rings. The molecule has 152 valence electrons. The molecule has 0 spiro atoms.